The molecule has 0 saturated heterocycles. The molecule has 1 aliphatic carbocycles. The molecule has 140 valence electrons. The summed E-state index contributed by atoms with van der Waals surface area (Å²) in [6.45, 7) is 3.61. The van der Waals surface area contributed by atoms with Crippen LogP contribution in [0, 0.1) is 5.92 Å². The number of nitrogens with one attached hydrogen (secondary N) is 1. The number of fused-ring (bicyclic) bond motifs is 1. The first-order valence-electron chi connectivity index (χ1n) is 9.74. The zero-order valence-corrected chi connectivity index (χ0v) is 15.8. The first-order valence-corrected chi connectivity index (χ1v) is 9.74. The van der Waals surface area contributed by atoms with Crippen LogP contribution in [0.4, 0.5) is 0 Å². The summed E-state index contributed by atoms with van der Waals surface area (Å²) < 4.78 is 0. The Kier molecular flexibility index (Phi) is 5.26. The zero-order chi connectivity index (χ0) is 18.6. The molecule has 4 nitrogen and oxygen atoms in total. The van der Waals surface area contributed by atoms with Gasteiger partial charge in [-0.1, -0.05) is 54.6 Å². The van der Waals surface area contributed by atoms with Crippen LogP contribution in [0.1, 0.15) is 25.3 Å². The molecule has 3 unspecified atom stereocenters. The summed E-state index contributed by atoms with van der Waals surface area (Å²) in [7, 11) is 0. The summed E-state index contributed by atoms with van der Waals surface area (Å²) in [5.74, 6) is 0.482. The first kappa shape index (κ1) is 17.8. The molecule has 0 fully saturated rings. The molecule has 4 rings (SSSR count). The van der Waals surface area contributed by atoms with E-state index in [9.17, 15) is 5.11 Å². The van der Waals surface area contributed by atoms with Crippen LogP contribution in [-0.2, 0) is 0 Å². The fourth-order valence-corrected chi connectivity index (χ4v) is 3.95. The second-order valence-electron chi connectivity index (χ2n) is 7.57. The van der Waals surface area contributed by atoms with E-state index in [1.165, 1.54) is 11.1 Å². The van der Waals surface area contributed by atoms with Gasteiger partial charge < -0.3 is 15.3 Å². The lowest BCUT2D eigenvalue weighted by atomic mass is 9.93. The number of nitrogens with zero attached hydrogens (tertiary/aromatic N) is 2. The highest BCUT2D eigenvalue weighted by Crippen LogP contribution is 2.28. The van der Waals surface area contributed by atoms with Crippen LogP contribution >= 0.6 is 0 Å². The molecule has 1 aromatic rings. The Balaban J connectivity index is 1.51. The van der Waals surface area contributed by atoms with Crippen molar-refractivity contribution in [3.8, 4) is 0 Å². The van der Waals surface area contributed by atoms with E-state index in [-0.39, 0.29) is 6.10 Å². The van der Waals surface area contributed by atoms with Gasteiger partial charge in [0.25, 0.3) is 0 Å². The van der Waals surface area contributed by atoms with Gasteiger partial charge >= 0.3 is 0 Å². The van der Waals surface area contributed by atoms with E-state index in [0.29, 0.717) is 18.4 Å². The lowest BCUT2D eigenvalue weighted by molar-refractivity contribution is 0.194. The van der Waals surface area contributed by atoms with Crippen LogP contribution in [0.3, 0.4) is 0 Å². The zero-order valence-electron chi connectivity index (χ0n) is 15.8. The Bertz CT molecular complexity index is 817. The third-order valence-corrected chi connectivity index (χ3v) is 5.31. The number of rotatable bonds is 5. The normalized spacial score (nSPS) is 25.1. The van der Waals surface area contributed by atoms with Crippen LogP contribution in [-0.4, -0.2) is 41.6 Å². The van der Waals surface area contributed by atoms with Crippen molar-refractivity contribution in [2.24, 2.45) is 10.9 Å². The fraction of sp³-hybridized carbons (Fsp3) is 0.348. The molecule has 3 aliphatic rings. The molecule has 0 bridgehead atoms. The molecule has 27 heavy (non-hydrogen) atoms. The molecule has 0 aromatic heterocycles. The van der Waals surface area contributed by atoms with Crippen LogP contribution in [0.25, 0.3) is 5.70 Å². The first-order chi connectivity index (χ1) is 13.2. The van der Waals surface area contributed by atoms with Gasteiger partial charge in [0.1, 0.15) is 0 Å². The average Bonchev–Trinajstić information content (AvgIpc) is 3.05. The molecular weight excluding hydrogens is 334 g/mol. The molecule has 0 amide bonds. The molecule has 0 saturated carbocycles. The summed E-state index contributed by atoms with van der Waals surface area (Å²) in [4.78, 5) is 7.11. The predicted octanol–water partition coefficient (Wildman–Crippen LogP) is 3.50. The van der Waals surface area contributed by atoms with E-state index >= 15 is 0 Å². The van der Waals surface area contributed by atoms with Gasteiger partial charge in [-0.3, -0.25) is 0 Å². The number of aliphatic hydroxyl groups is 1. The summed E-state index contributed by atoms with van der Waals surface area (Å²) in [5.41, 5.74) is 4.67. The third kappa shape index (κ3) is 4.22. The van der Waals surface area contributed by atoms with E-state index < -0.39 is 0 Å². The minimum Gasteiger partial charge on any atom is -0.393 e. The molecule has 0 radical (unpaired) electrons. The van der Waals surface area contributed by atoms with Crippen molar-refractivity contribution in [3.05, 3.63) is 77.5 Å². The van der Waals surface area contributed by atoms with Crippen molar-refractivity contribution in [1.82, 2.24) is 10.2 Å². The number of hydrogen-bond acceptors (Lipinski definition) is 4. The van der Waals surface area contributed by atoms with Crippen molar-refractivity contribution >= 4 is 12.0 Å². The molecule has 2 heterocycles. The number of hydrogen-bond donors (Lipinski definition) is 2. The molecule has 2 aliphatic heterocycles. The number of aliphatic imine (C=N–C) groups is 1. The lowest BCUT2D eigenvalue weighted by Crippen LogP contribution is -2.29. The van der Waals surface area contributed by atoms with Gasteiger partial charge in [0.2, 0.25) is 0 Å². The highest BCUT2D eigenvalue weighted by molar-refractivity contribution is 5.76. The van der Waals surface area contributed by atoms with Gasteiger partial charge in [0, 0.05) is 24.6 Å². The maximum Gasteiger partial charge on any atom is 0.0915 e. The van der Waals surface area contributed by atoms with E-state index in [4.69, 9.17) is 4.99 Å². The van der Waals surface area contributed by atoms with E-state index in [1.54, 1.807) is 0 Å². The second-order valence-corrected chi connectivity index (χ2v) is 7.57. The van der Waals surface area contributed by atoms with Gasteiger partial charge in [-0.25, -0.2) is 4.99 Å². The smallest absolute Gasteiger partial charge is 0.0915 e. The Hall–Kier alpha value is -2.59. The Morgan fingerprint density at radius 3 is 2.93 bits per heavy atom. The van der Waals surface area contributed by atoms with Crippen molar-refractivity contribution in [2.75, 3.05) is 13.1 Å². The topological polar surface area (TPSA) is 47.9 Å². The second kappa shape index (κ2) is 7.97. The number of benzene rings is 1. The van der Waals surface area contributed by atoms with Gasteiger partial charge in [-0.2, -0.15) is 0 Å². The average molecular weight is 361 g/mol. The molecular formula is C23H27N3O. The summed E-state index contributed by atoms with van der Waals surface area (Å²) in [6.07, 6.45) is 14.3. The van der Waals surface area contributed by atoms with E-state index in [1.807, 2.05) is 37.7 Å². The SMILES string of the molecule is CC(O)CC1=C(c2ccccc2)N=CN(CC2=CC3NC=CC3C=C2)CC1. The quantitative estimate of drug-likeness (QED) is 0.844. The summed E-state index contributed by atoms with van der Waals surface area (Å²) in [6, 6.07) is 10.7. The largest absolute Gasteiger partial charge is 0.393 e. The Morgan fingerprint density at radius 2 is 2.11 bits per heavy atom. The molecule has 1 aromatic carbocycles. The molecule has 0 spiro atoms. The highest BCUT2D eigenvalue weighted by atomic mass is 16.3. The van der Waals surface area contributed by atoms with Gasteiger partial charge in [-0.05, 0) is 37.1 Å². The maximum absolute atomic E-state index is 9.94. The van der Waals surface area contributed by atoms with Gasteiger partial charge in [-0.15, -0.1) is 0 Å². The Labute approximate surface area is 161 Å². The fourth-order valence-electron chi connectivity index (χ4n) is 3.95. The van der Waals surface area contributed by atoms with E-state index in [0.717, 1.165) is 30.8 Å². The minimum atomic E-state index is -0.359. The van der Waals surface area contributed by atoms with Crippen LogP contribution in [0.5, 0.6) is 0 Å². The van der Waals surface area contributed by atoms with Crippen LogP contribution in [0.15, 0.2) is 77.0 Å². The minimum absolute atomic E-state index is 0.359. The van der Waals surface area contributed by atoms with Gasteiger partial charge in [0.05, 0.1) is 24.2 Å². The van der Waals surface area contributed by atoms with E-state index in [2.05, 4.69) is 46.7 Å². The van der Waals surface area contributed by atoms with Crippen molar-refractivity contribution < 1.29 is 5.11 Å². The Morgan fingerprint density at radius 1 is 1.26 bits per heavy atom. The standard InChI is InChI=1S/C23H27N3O/c1-17(27)13-21-10-12-26(16-25-23(21)20-5-3-2-4-6-20)15-18-7-8-19-9-11-24-22(19)14-18/h2-9,11,14,16-17,19,22,24,27H,10,12-13,15H2,1H3. The summed E-state index contributed by atoms with van der Waals surface area (Å²) in [5, 5.41) is 13.3. The monoisotopic (exact) mass is 361 g/mol. The van der Waals surface area contributed by atoms with Crippen LogP contribution in [0.2, 0.25) is 0 Å². The third-order valence-electron chi connectivity index (χ3n) is 5.31. The van der Waals surface area contributed by atoms with Crippen molar-refractivity contribution in [3.63, 3.8) is 0 Å². The maximum atomic E-state index is 9.94. The number of aliphatic hydroxyl groups excluding tert-OH is 1. The van der Waals surface area contributed by atoms with Gasteiger partial charge in [0.15, 0.2) is 0 Å². The molecule has 4 heteroatoms. The molecule has 3 atom stereocenters. The van der Waals surface area contributed by atoms with Crippen LogP contribution < -0.4 is 5.32 Å². The predicted molar refractivity (Wildman–Crippen MR) is 111 cm³/mol. The van der Waals surface area contributed by atoms with Crippen molar-refractivity contribution in [1.29, 1.82) is 0 Å². The molecule has 2 N–H and O–H groups in total. The summed E-state index contributed by atoms with van der Waals surface area (Å²) >= 11 is 0. The van der Waals surface area contributed by atoms with Crippen molar-refractivity contribution in [2.45, 2.75) is 31.9 Å². The highest BCUT2D eigenvalue weighted by Gasteiger charge is 2.22. The lowest BCUT2D eigenvalue weighted by Gasteiger charge is -2.24.